The Kier molecular flexibility index (Phi) is 8.80. The van der Waals surface area contributed by atoms with Crippen molar-refractivity contribution in [1.82, 2.24) is 15.1 Å². The van der Waals surface area contributed by atoms with Crippen molar-refractivity contribution in [2.45, 2.75) is 75.0 Å². The van der Waals surface area contributed by atoms with Gasteiger partial charge in [0.1, 0.15) is 6.10 Å². The van der Waals surface area contributed by atoms with E-state index in [4.69, 9.17) is 4.74 Å². The molecular weight excluding hydrogens is 526 g/mol. The zero-order valence-electron chi connectivity index (χ0n) is 23.4. The second kappa shape index (κ2) is 12.3. The van der Waals surface area contributed by atoms with Gasteiger partial charge in [0, 0.05) is 25.9 Å². The minimum Gasteiger partial charge on any atom is -0.446 e. The first-order valence-corrected chi connectivity index (χ1v) is 16.4. The van der Waals surface area contributed by atoms with E-state index in [2.05, 4.69) is 10.2 Å². The average molecular weight is 568 g/mol. The van der Waals surface area contributed by atoms with Crippen molar-refractivity contribution in [2.24, 2.45) is 5.41 Å². The molecule has 0 bridgehead atoms. The molecule has 40 heavy (non-hydrogen) atoms. The van der Waals surface area contributed by atoms with E-state index in [1.54, 1.807) is 24.3 Å². The molecule has 1 aliphatic carbocycles. The molecule has 2 aromatic rings. The van der Waals surface area contributed by atoms with Crippen LogP contribution in [0.1, 0.15) is 68.5 Å². The number of carbonyl (C=O) groups is 2. The summed E-state index contributed by atoms with van der Waals surface area (Å²) in [6.45, 7) is 3.79. The summed E-state index contributed by atoms with van der Waals surface area (Å²) in [5.74, 6) is 0.220. The van der Waals surface area contributed by atoms with Crippen LogP contribution in [0.2, 0.25) is 0 Å². The summed E-state index contributed by atoms with van der Waals surface area (Å²) in [5.41, 5.74) is 1.72. The van der Waals surface area contributed by atoms with Crippen molar-refractivity contribution < 1.29 is 22.7 Å². The van der Waals surface area contributed by atoms with E-state index in [-0.39, 0.29) is 29.6 Å². The van der Waals surface area contributed by atoms with Crippen LogP contribution in [0.4, 0.5) is 4.79 Å². The highest BCUT2D eigenvalue weighted by Gasteiger charge is 2.47. The predicted molar refractivity (Wildman–Crippen MR) is 153 cm³/mol. The number of nitrogens with zero attached hydrogens (tertiary/aromatic N) is 2. The molecule has 2 heterocycles. The Hall–Kier alpha value is -2.91. The maximum absolute atomic E-state index is 13.5. The van der Waals surface area contributed by atoms with E-state index in [9.17, 15) is 18.0 Å². The van der Waals surface area contributed by atoms with Gasteiger partial charge in [0.2, 0.25) is 5.91 Å². The van der Waals surface area contributed by atoms with Crippen LogP contribution in [0.25, 0.3) is 0 Å². The Morgan fingerprint density at radius 1 is 1.00 bits per heavy atom. The number of likely N-dealkylation sites (tertiary alicyclic amines) is 2. The molecule has 8 nitrogen and oxygen atoms in total. The first-order valence-electron chi connectivity index (χ1n) is 14.5. The monoisotopic (exact) mass is 567 g/mol. The number of piperidine rings is 1. The number of ether oxygens (including phenoxy) is 1. The van der Waals surface area contributed by atoms with Crippen LogP contribution >= 0.6 is 0 Å². The zero-order valence-corrected chi connectivity index (χ0v) is 24.2. The summed E-state index contributed by atoms with van der Waals surface area (Å²) in [4.78, 5) is 30.8. The number of carbonyl (C=O) groups excluding carboxylic acids is 2. The van der Waals surface area contributed by atoms with Gasteiger partial charge in [-0.15, -0.1) is 0 Å². The number of nitrogens with one attached hydrogen (secondary N) is 1. The molecule has 2 aliphatic heterocycles. The van der Waals surface area contributed by atoms with Crippen LogP contribution in [0.5, 0.6) is 0 Å². The third-order valence-electron chi connectivity index (χ3n) is 8.94. The van der Waals surface area contributed by atoms with E-state index >= 15 is 0 Å². The van der Waals surface area contributed by atoms with Gasteiger partial charge in [-0.1, -0.05) is 42.5 Å². The van der Waals surface area contributed by atoms with Gasteiger partial charge in [-0.05, 0) is 87.7 Å². The summed E-state index contributed by atoms with van der Waals surface area (Å²) < 4.78 is 29.2. The normalized spacial score (nSPS) is 20.6. The molecule has 2 aromatic carbocycles. The van der Waals surface area contributed by atoms with Crippen LogP contribution in [0.3, 0.4) is 0 Å². The van der Waals surface area contributed by atoms with E-state index in [0.717, 1.165) is 88.7 Å². The standard InChI is InChI=1S/C31H41N3O5S/c1-40(37,38)27-13-11-24(12-14-27)23-34-22-18-31(29(34)35)16-20-33(21-17-31)19-15-28(25-7-3-2-4-8-25)32-30(36)39-26-9-5-6-10-26/h2-4,7-8,11-14,26,28H,5-6,9-10,15-23H2,1H3,(H,32,36)/t28-/m0/s1. The molecule has 216 valence electrons. The van der Waals surface area contributed by atoms with Crippen molar-refractivity contribution >= 4 is 21.8 Å². The van der Waals surface area contributed by atoms with Gasteiger partial charge in [0.25, 0.3) is 0 Å². The van der Waals surface area contributed by atoms with Gasteiger partial charge < -0.3 is 19.9 Å². The number of alkyl carbamates (subject to hydrolysis) is 1. The summed E-state index contributed by atoms with van der Waals surface area (Å²) in [6.07, 6.45) is 8.35. The van der Waals surface area contributed by atoms with Crippen LogP contribution < -0.4 is 5.32 Å². The van der Waals surface area contributed by atoms with Crippen LogP contribution in [-0.2, 0) is 25.9 Å². The Morgan fingerprint density at radius 3 is 2.30 bits per heavy atom. The number of amides is 2. The highest BCUT2D eigenvalue weighted by Crippen LogP contribution is 2.42. The van der Waals surface area contributed by atoms with Crippen molar-refractivity contribution in [3.8, 4) is 0 Å². The van der Waals surface area contributed by atoms with Gasteiger partial charge >= 0.3 is 6.09 Å². The van der Waals surface area contributed by atoms with Crippen molar-refractivity contribution in [2.75, 3.05) is 32.4 Å². The molecule has 1 N–H and O–H groups in total. The molecule has 9 heteroatoms. The fourth-order valence-electron chi connectivity index (χ4n) is 6.43. The molecule has 0 unspecified atom stereocenters. The highest BCUT2D eigenvalue weighted by atomic mass is 32.2. The number of rotatable bonds is 9. The smallest absolute Gasteiger partial charge is 0.407 e. The Bertz CT molecular complexity index is 1270. The van der Waals surface area contributed by atoms with Crippen LogP contribution in [0, 0.1) is 5.41 Å². The van der Waals surface area contributed by atoms with E-state index in [1.807, 2.05) is 35.2 Å². The van der Waals surface area contributed by atoms with Gasteiger partial charge in [-0.3, -0.25) is 4.79 Å². The molecular formula is C31H41N3O5S. The fraction of sp³-hybridized carbons (Fsp3) is 0.548. The molecule has 0 aromatic heterocycles. The molecule has 1 spiro atoms. The maximum Gasteiger partial charge on any atom is 0.407 e. The van der Waals surface area contributed by atoms with Crippen molar-refractivity contribution in [1.29, 1.82) is 0 Å². The molecule has 1 saturated carbocycles. The molecule has 2 amide bonds. The average Bonchev–Trinajstić information content (AvgIpc) is 3.56. The molecule has 0 radical (unpaired) electrons. The topological polar surface area (TPSA) is 96.0 Å². The Labute approximate surface area is 238 Å². The largest absolute Gasteiger partial charge is 0.446 e. The van der Waals surface area contributed by atoms with E-state index < -0.39 is 9.84 Å². The molecule has 5 rings (SSSR count). The maximum atomic E-state index is 13.5. The third-order valence-corrected chi connectivity index (χ3v) is 10.1. The Morgan fingerprint density at radius 2 is 1.65 bits per heavy atom. The number of hydrogen-bond donors (Lipinski definition) is 1. The summed E-state index contributed by atoms with van der Waals surface area (Å²) >= 11 is 0. The number of hydrogen-bond acceptors (Lipinski definition) is 6. The predicted octanol–water partition coefficient (Wildman–Crippen LogP) is 4.70. The summed E-state index contributed by atoms with van der Waals surface area (Å²) in [5, 5.41) is 3.11. The van der Waals surface area contributed by atoms with Gasteiger partial charge in [0.15, 0.2) is 9.84 Å². The van der Waals surface area contributed by atoms with Gasteiger partial charge in [-0.2, -0.15) is 0 Å². The molecule has 1 atom stereocenters. The quantitative estimate of drug-likeness (QED) is 0.472. The lowest BCUT2D eigenvalue weighted by molar-refractivity contribution is -0.138. The van der Waals surface area contributed by atoms with Crippen molar-refractivity contribution in [3.05, 3.63) is 65.7 Å². The zero-order chi connectivity index (χ0) is 28.2. The lowest BCUT2D eigenvalue weighted by Crippen LogP contribution is -2.45. The summed E-state index contributed by atoms with van der Waals surface area (Å²) in [7, 11) is -3.23. The van der Waals surface area contributed by atoms with Gasteiger partial charge in [0.05, 0.1) is 16.4 Å². The molecule has 3 aliphatic rings. The van der Waals surface area contributed by atoms with E-state index in [1.165, 1.54) is 6.26 Å². The second-order valence-corrected chi connectivity index (χ2v) is 13.7. The minimum atomic E-state index is -3.23. The van der Waals surface area contributed by atoms with Crippen LogP contribution in [-0.4, -0.2) is 68.8 Å². The number of benzene rings is 2. The minimum absolute atomic E-state index is 0.0325. The summed E-state index contributed by atoms with van der Waals surface area (Å²) in [6, 6.07) is 16.8. The highest BCUT2D eigenvalue weighted by molar-refractivity contribution is 7.90. The van der Waals surface area contributed by atoms with E-state index in [0.29, 0.717) is 11.4 Å². The fourth-order valence-corrected chi connectivity index (χ4v) is 7.06. The first kappa shape index (κ1) is 28.6. The van der Waals surface area contributed by atoms with Crippen LogP contribution in [0.15, 0.2) is 59.5 Å². The first-order chi connectivity index (χ1) is 19.2. The van der Waals surface area contributed by atoms with Gasteiger partial charge in [-0.25, -0.2) is 13.2 Å². The molecule has 3 fully saturated rings. The molecule has 2 saturated heterocycles. The van der Waals surface area contributed by atoms with Crippen molar-refractivity contribution in [3.63, 3.8) is 0 Å². The Balaban J connectivity index is 1.13. The SMILES string of the molecule is CS(=O)(=O)c1ccc(CN2CCC3(CCN(CC[C@H](NC(=O)OC4CCCC4)c4ccccc4)CC3)C2=O)cc1. The second-order valence-electron chi connectivity index (χ2n) is 11.7. The number of sulfone groups is 1. The third kappa shape index (κ3) is 6.86. The lowest BCUT2D eigenvalue weighted by Gasteiger charge is -2.38. The lowest BCUT2D eigenvalue weighted by atomic mass is 9.77.